The van der Waals surface area contributed by atoms with E-state index in [0.717, 1.165) is 20.3 Å². The molecule has 0 saturated heterocycles. The second-order valence-electron chi connectivity index (χ2n) is 3.03. The van der Waals surface area contributed by atoms with Crippen LogP contribution in [0.15, 0.2) is 33.6 Å². The molecule has 1 N–H and O–H groups in total. The predicted octanol–water partition coefficient (Wildman–Crippen LogP) is 3.11. The Morgan fingerprint density at radius 2 is 2.00 bits per heavy atom. The van der Waals surface area contributed by atoms with E-state index in [1.54, 1.807) is 18.6 Å². The van der Waals surface area contributed by atoms with Crippen LogP contribution in [0.3, 0.4) is 0 Å². The van der Waals surface area contributed by atoms with E-state index in [2.05, 4.69) is 52.1 Å². The summed E-state index contributed by atoms with van der Waals surface area (Å²) in [5.41, 5.74) is 0.873. The first-order chi connectivity index (χ1) is 7.70. The molecular formula is C10H8Br2N4. The van der Waals surface area contributed by atoms with Gasteiger partial charge in [0.05, 0.1) is 4.47 Å². The molecule has 0 aliphatic carbocycles. The highest BCUT2D eigenvalue weighted by Gasteiger charge is 2.06. The summed E-state index contributed by atoms with van der Waals surface area (Å²) >= 11 is 6.73. The Morgan fingerprint density at radius 1 is 1.19 bits per heavy atom. The van der Waals surface area contributed by atoms with Crippen LogP contribution in [-0.2, 0) is 0 Å². The highest BCUT2D eigenvalue weighted by molar-refractivity contribution is 9.10. The Bertz CT molecular complexity index is 516. The van der Waals surface area contributed by atoms with Crippen molar-refractivity contribution in [3.8, 4) is 11.4 Å². The van der Waals surface area contributed by atoms with Crippen LogP contribution in [0.4, 0.5) is 5.82 Å². The van der Waals surface area contributed by atoms with Crippen LogP contribution in [0.1, 0.15) is 0 Å². The van der Waals surface area contributed by atoms with Gasteiger partial charge in [0.2, 0.25) is 0 Å². The van der Waals surface area contributed by atoms with Gasteiger partial charge >= 0.3 is 0 Å². The van der Waals surface area contributed by atoms with Gasteiger partial charge in [-0.3, -0.25) is 4.98 Å². The molecule has 0 spiro atoms. The minimum absolute atomic E-state index is 0.640. The van der Waals surface area contributed by atoms with Crippen LogP contribution in [0.5, 0.6) is 0 Å². The van der Waals surface area contributed by atoms with E-state index in [9.17, 15) is 0 Å². The van der Waals surface area contributed by atoms with Crippen molar-refractivity contribution in [2.24, 2.45) is 0 Å². The van der Waals surface area contributed by atoms with E-state index in [0.29, 0.717) is 5.82 Å². The molecule has 0 aliphatic rings. The molecule has 2 aromatic heterocycles. The fourth-order valence-corrected chi connectivity index (χ4v) is 1.97. The van der Waals surface area contributed by atoms with Gasteiger partial charge in [-0.15, -0.1) is 0 Å². The first-order valence-electron chi connectivity index (χ1n) is 4.52. The lowest BCUT2D eigenvalue weighted by Gasteiger charge is -2.05. The van der Waals surface area contributed by atoms with Crippen molar-refractivity contribution in [3.05, 3.63) is 33.6 Å². The van der Waals surface area contributed by atoms with Crippen LogP contribution in [-0.4, -0.2) is 22.0 Å². The van der Waals surface area contributed by atoms with E-state index in [4.69, 9.17) is 0 Å². The third kappa shape index (κ3) is 2.38. The standard InChI is InChI=1S/C10H8Br2N4/c1-13-10-8(12)5-15-9(16-10)6-2-7(11)4-14-3-6/h2-5H,1H3,(H,13,15,16). The van der Waals surface area contributed by atoms with E-state index in [1.165, 1.54) is 0 Å². The van der Waals surface area contributed by atoms with Crippen LogP contribution < -0.4 is 5.32 Å². The first-order valence-corrected chi connectivity index (χ1v) is 6.10. The molecule has 0 bridgehead atoms. The van der Waals surface area contributed by atoms with Crippen molar-refractivity contribution in [1.29, 1.82) is 0 Å². The summed E-state index contributed by atoms with van der Waals surface area (Å²) in [5, 5.41) is 2.99. The molecule has 2 aromatic rings. The molecule has 0 aromatic carbocycles. The molecule has 2 heterocycles. The molecule has 16 heavy (non-hydrogen) atoms. The SMILES string of the molecule is CNc1nc(-c2cncc(Br)c2)ncc1Br. The molecule has 0 unspecified atom stereocenters. The van der Waals surface area contributed by atoms with Gasteiger partial charge in [0.1, 0.15) is 5.82 Å². The van der Waals surface area contributed by atoms with Crippen molar-refractivity contribution in [3.63, 3.8) is 0 Å². The molecule has 82 valence electrons. The Kier molecular flexibility index (Phi) is 3.50. The second-order valence-corrected chi connectivity index (χ2v) is 4.80. The number of aromatic nitrogens is 3. The van der Waals surface area contributed by atoms with Gasteiger partial charge in [-0.05, 0) is 37.9 Å². The molecule has 0 aliphatic heterocycles. The van der Waals surface area contributed by atoms with E-state index < -0.39 is 0 Å². The van der Waals surface area contributed by atoms with Crippen molar-refractivity contribution >= 4 is 37.7 Å². The van der Waals surface area contributed by atoms with Crippen LogP contribution in [0.2, 0.25) is 0 Å². The number of anilines is 1. The lowest BCUT2D eigenvalue weighted by atomic mass is 10.3. The zero-order valence-corrected chi connectivity index (χ0v) is 11.6. The maximum Gasteiger partial charge on any atom is 0.163 e. The largest absolute Gasteiger partial charge is 0.372 e. The van der Waals surface area contributed by atoms with E-state index in [-0.39, 0.29) is 0 Å². The first kappa shape index (κ1) is 11.5. The number of rotatable bonds is 2. The zero-order valence-electron chi connectivity index (χ0n) is 8.41. The summed E-state index contributed by atoms with van der Waals surface area (Å²) in [5.74, 6) is 1.39. The van der Waals surface area contributed by atoms with Crippen molar-refractivity contribution in [1.82, 2.24) is 15.0 Å². The lowest BCUT2D eigenvalue weighted by molar-refractivity contribution is 1.14. The van der Waals surface area contributed by atoms with Gasteiger partial charge in [0, 0.05) is 35.7 Å². The Labute approximate surface area is 110 Å². The highest BCUT2D eigenvalue weighted by Crippen LogP contribution is 2.23. The van der Waals surface area contributed by atoms with Crippen LogP contribution in [0.25, 0.3) is 11.4 Å². The summed E-state index contributed by atoms with van der Waals surface area (Å²) < 4.78 is 1.74. The number of hydrogen-bond donors (Lipinski definition) is 1. The lowest BCUT2D eigenvalue weighted by Crippen LogP contribution is -1.97. The average Bonchev–Trinajstić information content (AvgIpc) is 2.29. The monoisotopic (exact) mass is 342 g/mol. The highest BCUT2D eigenvalue weighted by atomic mass is 79.9. The Balaban J connectivity index is 2.48. The van der Waals surface area contributed by atoms with Crippen LogP contribution in [0, 0.1) is 0 Å². The number of nitrogens with one attached hydrogen (secondary N) is 1. The number of nitrogens with zero attached hydrogens (tertiary/aromatic N) is 3. The van der Waals surface area contributed by atoms with Gasteiger partial charge < -0.3 is 5.32 Å². The quantitative estimate of drug-likeness (QED) is 0.910. The summed E-state index contributed by atoms with van der Waals surface area (Å²) in [6, 6.07) is 1.93. The number of hydrogen-bond acceptors (Lipinski definition) is 4. The van der Waals surface area contributed by atoms with Crippen molar-refractivity contribution in [2.45, 2.75) is 0 Å². The van der Waals surface area contributed by atoms with E-state index >= 15 is 0 Å². The predicted molar refractivity (Wildman–Crippen MR) is 70.2 cm³/mol. The average molecular weight is 344 g/mol. The second kappa shape index (κ2) is 4.88. The molecular weight excluding hydrogens is 336 g/mol. The Morgan fingerprint density at radius 3 is 2.69 bits per heavy atom. The summed E-state index contributed by atoms with van der Waals surface area (Å²) in [6.45, 7) is 0. The Hall–Kier alpha value is -1.01. The fraction of sp³-hybridized carbons (Fsp3) is 0.100. The fourth-order valence-electron chi connectivity index (χ4n) is 1.22. The summed E-state index contributed by atoms with van der Waals surface area (Å²) in [7, 11) is 1.82. The van der Waals surface area contributed by atoms with E-state index in [1.807, 2.05) is 13.1 Å². The third-order valence-corrected chi connectivity index (χ3v) is 2.96. The molecule has 0 atom stereocenters. The minimum Gasteiger partial charge on any atom is -0.372 e. The third-order valence-electron chi connectivity index (χ3n) is 1.94. The van der Waals surface area contributed by atoms with Gasteiger partial charge in [-0.2, -0.15) is 0 Å². The molecule has 0 radical (unpaired) electrons. The maximum absolute atomic E-state index is 4.37. The summed E-state index contributed by atoms with van der Waals surface area (Å²) in [4.78, 5) is 12.7. The molecule has 0 amide bonds. The molecule has 4 nitrogen and oxygen atoms in total. The van der Waals surface area contributed by atoms with Gasteiger partial charge in [-0.25, -0.2) is 9.97 Å². The molecule has 2 rings (SSSR count). The number of pyridine rings is 1. The summed E-state index contributed by atoms with van der Waals surface area (Å²) in [6.07, 6.45) is 5.17. The molecule has 6 heteroatoms. The minimum atomic E-state index is 0.640. The van der Waals surface area contributed by atoms with Crippen LogP contribution >= 0.6 is 31.9 Å². The van der Waals surface area contributed by atoms with Gasteiger partial charge in [0.15, 0.2) is 5.82 Å². The topological polar surface area (TPSA) is 50.7 Å². The molecule has 0 saturated carbocycles. The van der Waals surface area contributed by atoms with Gasteiger partial charge in [0.25, 0.3) is 0 Å². The zero-order chi connectivity index (χ0) is 11.5. The number of halogens is 2. The molecule has 0 fully saturated rings. The van der Waals surface area contributed by atoms with Gasteiger partial charge in [-0.1, -0.05) is 0 Å². The maximum atomic E-state index is 4.37. The van der Waals surface area contributed by atoms with Crippen molar-refractivity contribution < 1.29 is 0 Å². The normalized spacial score (nSPS) is 10.2. The smallest absolute Gasteiger partial charge is 0.163 e. The van der Waals surface area contributed by atoms with Crippen molar-refractivity contribution in [2.75, 3.05) is 12.4 Å².